The first-order valence-electron chi connectivity index (χ1n) is 12.8. The van der Waals surface area contributed by atoms with Crippen molar-refractivity contribution in [1.82, 2.24) is 0 Å². The van der Waals surface area contributed by atoms with Gasteiger partial charge >= 0.3 is 0 Å². The molecule has 0 aromatic carbocycles. The number of hydrogen-bond donors (Lipinski definition) is 1. The van der Waals surface area contributed by atoms with Crippen molar-refractivity contribution in [2.75, 3.05) is 6.61 Å². The highest BCUT2D eigenvalue weighted by Gasteiger charge is 2.58. The predicted molar refractivity (Wildman–Crippen MR) is 117 cm³/mol. The van der Waals surface area contributed by atoms with E-state index in [-0.39, 0.29) is 0 Å². The van der Waals surface area contributed by atoms with Crippen LogP contribution < -0.4 is 0 Å². The van der Waals surface area contributed by atoms with Crippen LogP contribution in [0.2, 0.25) is 0 Å². The molecule has 5 aliphatic rings. The summed E-state index contributed by atoms with van der Waals surface area (Å²) in [6.07, 6.45) is 22.8. The van der Waals surface area contributed by atoms with Crippen molar-refractivity contribution in [2.45, 2.75) is 104 Å². The second-order valence-electron chi connectivity index (χ2n) is 12.1. The fraction of sp³-hybridized carbons (Fsp3) is 0.926. The fourth-order valence-electron chi connectivity index (χ4n) is 8.85. The van der Waals surface area contributed by atoms with Gasteiger partial charge in [0.15, 0.2) is 0 Å². The number of rotatable bonds is 6. The second-order valence-corrected chi connectivity index (χ2v) is 12.1. The molecule has 0 aromatic heterocycles. The van der Waals surface area contributed by atoms with Crippen molar-refractivity contribution in [3.8, 4) is 0 Å². The molecule has 1 N–H and O–H groups in total. The smallest absolute Gasteiger partial charge is 0.0431 e. The van der Waals surface area contributed by atoms with Gasteiger partial charge in [-0.15, -0.1) is 0 Å². The first kappa shape index (κ1) is 19.7. The van der Waals surface area contributed by atoms with Gasteiger partial charge < -0.3 is 5.11 Å². The normalized spacial score (nSPS) is 47.8. The van der Waals surface area contributed by atoms with E-state index in [9.17, 15) is 5.11 Å². The first-order valence-corrected chi connectivity index (χ1v) is 12.8. The van der Waals surface area contributed by atoms with Gasteiger partial charge in [-0.2, -0.15) is 0 Å². The molecule has 7 atom stereocenters. The van der Waals surface area contributed by atoms with Gasteiger partial charge in [0.25, 0.3) is 0 Å². The standard InChI is InChI=1S/C27H44O/c1-26-15-13-25-23(24(26)11-9-21(26)5-3-4-16-28)10-8-22-18-20(17-19-6-7-19)12-14-27(22,25)2/h8,19-21,23-25,28H,3-7,9-18H2,1-2H3. The SMILES string of the molecule is CC12CCC(CC3CC3)CC1=CCC1C2CCC2(C)C(CCCCO)CCC12. The zero-order valence-corrected chi connectivity index (χ0v) is 18.6. The Morgan fingerprint density at radius 2 is 1.79 bits per heavy atom. The lowest BCUT2D eigenvalue weighted by molar-refractivity contribution is -0.0460. The lowest BCUT2D eigenvalue weighted by Crippen LogP contribution is -2.50. The van der Waals surface area contributed by atoms with Crippen LogP contribution in [0, 0.1) is 46.3 Å². The van der Waals surface area contributed by atoms with Crippen LogP contribution in [0.15, 0.2) is 11.6 Å². The molecule has 5 rings (SSSR count). The van der Waals surface area contributed by atoms with E-state index < -0.39 is 0 Å². The molecular weight excluding hydrogens is 340 g/mol. The Bertz CT molecular complexity index is 603. The Morgan fingerprint density at radius 1 is 0.929 bits per heavy atom. The molecule has 0 spiro atoms. The molecule has 0 saturated heterocycles. The summed E-state index contributed by atoms with van der Waals surface area (Å²) in [5.41, 5.74) is 3.03. The van der Waals surface area contributed by atoms with Crippen LogP contribution in [0.5, 0.6) is 0 Å². The number of aliphatic hydroxyl groups excluding tert-OH is 1. The monoisotopic (exact) mass is 384 g/mol. The minimum Gasteiger partial charge on any atom is -0.396 e. The fourth-order valence-corrected chi connectivity index (χ4v) is 8.85. The number of unbranched alkanes of at least 4 members (excludes halogenated alkanes) is 1. The van der Waals surface area contributed by atoms with Gasteiger partial charge in [0.1, 0.15) is 0 Å². The average Bonchev–Trinajstić information content (AvgIpc) is 3.43. The Hall–Kier alpha value is -0.300. The molecule has 28 heavy (non-hydrogen) atoms. The third-order valence-electron chi connectivity index (χ3n) is 10.7. The zero-order chi connectivity index (χ0) is 19.4. The molecule has 0 radical (unpaired) electrons. The molecule has 1 nitrogen and oxygen atoms in total. The van der Waals surface area contributed by atoms with E-state index in [1.54, 1.807) is 0 Å². The van der Waals surface area contributed by atoms with Gasteiger partial charge in [0.05, 0.1) is 0 Å². The number of fused-ring (bicyclic) bond motifs is 5. The lowest BCUT2D eigenvalue weighted by Gasteiger charge is -2.58. The highest BCUT2D eigenvalue weighted by molar-refractivity contribution is 5.25. The van der Waals surface area contributed by atoms with Crippen molar-refractivity contribution in [3.63, 3.8) is 0 Å². The molecule has 0 aliphatic heterocycles. The molecule has 1 heteroatoms. The molecule has 0 bridgehead atoms. The van der Waals surface area contributed by atoms with E-state index in [4.69, 9.17) is 0 Å². The van der Waals surface area contributed by atoms with E-state index in [1.807, 2.05) is 5.57 Å². The Labute approximate surface area is 173 Å². The van der Waals surface area contributed by atoms with Crippen LogP contribution in [0.1, 0.15) is 104 Å². The Balaban J connectivity index is 1.31. The van der Waals surface area contributed by atoms with Crippen LogP contribution in [0.3, 0.4) is 0 Å². The topological polar surface area (TPSA) is 20.2 Å². The molecule has 0 heterocycles. The van der Waals surface area contributed by atoms with Gasteiger partial charge in [-0.1, -0.05) is 44.8 Å². The highest BCUT2D eigenvalue weighted by atomic mass is 16.2. The average molecular weight is 385 g/mol. The van der Waals surface area contributed by atoms with Crippen LogP contribution in [-0.4, -0.2) is 11.7 Å². The van der Waals surface area contributed by atoms with Crippen LogP contribution in [0.4, 0.5) is 0 Å². The summed E-state index contributed by atoms with van der Waals surface area (Å²) in [6.45, 7) is 5.73. The summed E-state index contributed by atoms with van der Waals surface area (Å²) in [4.78, 5) is 0. The molecule has 0 aromatic rings. The van der Waals surface area contributed by atoms with Crippen LogP contribution in [-0.2, 0) is 0 Å². The molecule has 5 aliphatic carbocycles. The maximum atomic E-state index is 9.19. The lowest BCUT2D eigenvalue weighted by atomic mass is 9.46. The molecular formula is C27H44O. The van der Waals surface area contributed by atoms with E-state index >= 15 is 0 Å². The first-order chi connectivity index (χ1) is 13.5. The van der Waals surface area contributed by atoms with Crippen molar-refractivity contribution in [2.24, 2.45) is 46.3 Å². The Kier molecular flexibility index (Phi) is 5.22. The molecule has 4 saturated carbocycles. The quantitative estimate of drug-likeness (QED) is 0.381. The largest absolute Gasteiger partial charge is 0.396 e. The number of allylic oxidation sites excluding steroid dienone is 2. The summed E-state index contributed by atoms with van der Waals surface area (Å²) in [5, 5.41) is 9.19. The van der Waals surface area contributed by atoms with Gasteiger partial charge in [0.2, 0.25) is 0 Å². The maximum absolute atomic E-state index is 9.19. The minimum atomic E-state index is 0.380. The van der Waals surface area contributed by atoms with Gasteiger partial charge in [-0.25, -0.2) is 0 Å². The highest BCUT2D eigenvalue weighted by Crippen LogP contribution is 2.67. The van der Waals surface area contributed by atoms with Gasteiger partial charge in [-0.05, 0) is 117 Å². The van der Waals surface area contributed by atoms with E-state index in [1.165, 1.54) is 83.5 Å². The van der Waals surface area contributed by atoms with E-state index in [0.717, 1.165) is 41.9 Å². The van der Waals surface area contributed by atoms with Crippen molar-refractivity contribution in [3.05, 3.63) is 11.6 Å². The predicted octanol–water partition coefficient (Wildman–Crippen LogP) is 7.14. The molecule has 7 unspecified atom stereocenters. The summed E-state index contributed by atoms with van der Waals surface area (Å²) in [5.74, 6) is 5.96. The van der Waals surface area contributed by atoms with Crippen molar-refractivity contribution < 1.29 is 5.11 Å². The summed E-state index contributed by atoms with van der Waals surface area (Å²) in [7, 11) is 0. The van der Waals surface area contributed by atoms with Crippen molar-refractivity contribution in [1.29, 1.82) is 0 Å². The molecule has 158 valence electrons. The van der Waals surface area contributed by atoms with Gasteiger partial charge in [-0.3, -0.25) is 0 Å². The number of hydrogen-bond acceptors (Lipinski definition) is 1. The third kappa shape index (κ3) is 3.23. The summed E-state index contributed by atoms with van der Waals surface area (Å²) in [6, 6.07) is 0. The maximum Gasteiger partial charge on any atom is 0.0431 e. The van der Waals surface area contributed by atoms with Crippen LogP contribution >= 0.6 is 0 Å². The van der Waals surface area contributed by atoms with Crippen molar-refractivity contribution >= 4 is 0 Å². The van der Waals surface area contributed by atoms with Crippen LogP contribution in [0.25, 0.3) is 0 Å². The summed E-state index contributed by atoms with van der Waals surface area (Å²) >= 11 is 0. The zero-order valence-electron chi connectivity index (χ0n) is 18.6. The van der Waals surface area contributed by atoms with E-state index in [0.29, 0.717) is 17.4 Å². The van der Waals surface area contributed by atoms with E-state index in [2.05, 4.69) is 19.9 Å². The minimum absolute atomic E-state index is 0.380. The van der Waals surface area contributed by atoms with Gasteiger partial charge in [0, 0.05) is 6.61 Å². The summed E-state index contributed by atoms with van der Waals surface area (Å²) < 4.78 is 0. The Morgan fingerprint density at radius 3 is 2.57 bits per heavy atom. The molecule has 0 amide bonds. The third-order valence-corrected chi connectivity index (χ3v) is 10.7. The second kappa shape index (κ2) is 7.44. The molecule has 4 fully saturated rings. The number of aliphatic hydroxyl groups is 1.